The minimum atomic E-state index is -0.221. The number of carbonyl (C=O) groups is 2. The highest BCUT2D eigenvalue weighted by molar-refractivity contribution is 7.99. The number of hydrogen-bond acceptors (Lipinski definition) is 5. The number of nitrogens with one attached hydrogen (secondary N) is 2. The van der Waals surface area contributed by atoms with E-state index in [1.807, 2.05) is 32.0 Å². The highest BCUT2D eigenvalue weighted by atomic mass is 32.2. The lowest BCUT2D eigenvalue weighted by Crippen LogP contribution is -2.30. The van der Waals surface area contributed by atoms with Crippen molar-refractivity contribution in [2.45, 2.75) is 52.4 Å². The van der Waals surface area contributed by atoms with Crippen LogP contribution in [0.1, 0.15) is 37.1 Å². The van der Waals surface area contributed by atoms with Crippen LogP contribution in [0.4, 0.5) is 5.69 Å². The Morgan fingerprint density at radius 1 is 1.24 bits per heavy atom. The second-order valence-electron chi connectivity index (χ2n) is 7.39. The lowest BCUT2D eigenvalue weighted by molar-refractivity contribution is -0.121. The summed E-state index contributed by atoms with van der Waals surface area (Å²) in [5, 5.41) is 15.9. The SMILES string of the molecule is Cc1cccc(NC(=O)CSc2ncc(CO)n2CC(=O)NCCC(C)C)c1C. The fourth-order valence-electron chi connectivity index (χ4n) is 2.71. The Morgan fingerprint density at radius 3 is 2.69 bits per heavy atom. The van der Waals surface area contributed by atoms with Crippen molar-refractivity contribution in [1.82, 2.24) is 14.9 Å². The Morgan fingerprint density at radius 2 is 2.00 bits per heavy atom. The van der Waals surface area contributed by atoms with Gasteiger partial charge in [-0.15, -0.1) is 0 Å². The molecule has 2 amide bonds. The summed E-state index contributed by atoms with van der Waals surface area (Å²) < 4.78 is 1.65. The first-order valence-electron chi connectivity index (χ1n) is 9.72. The number of carbonyl (C=O) groups excluding carboxylic acids is 2. The molecule has 158 valence electrons. The Kier molecular flexibility index (Phi) is 8.72. The van der Waals surface area contributed by atoms with Gasteiger partial charge < -0.3 is 20.3 Å². The summed E-state index contributed by atoms with van der Waals surface area (Å²) in [5.74, 6) is 0.382. The summed E-state index contributed by atoms with van der Waals surface area (Å²) in [7, 11) is 0. The molecular weight excluding hydrogens is 388 g/mol. The zero-order chi connectivity index (χ0) is 21.4. The van der Waals surface area contributed by atoms with E-state index >= 15 is 0 Å². The van der Waals surface area contributed by atoms with E-state index in [0.29, 0.717) is 23.3 Å². The molecule has 3 N–H and O–H groups in total. The van der Waals surface area contributed by atoms with Crippen molar-refractivity contribution in [2.75, 3.05) is 17.6 Å². The predicted octanol–water partition coefficient (Wildman–Crippen LogP) is 2.89. The minimum absolute atomic E-state index is 0.0644. The number of aliphatic hydroxyl groups is 1. The molecule has 0 aliphatic heterocycles. The quantitative estimate of drug-likeness (QED) is 0.516. The molecule has 29 heavy (non-hydrogen) atoms. The van der Waals surface area contributed by atoms with Crippen LogP contribution in [-0.2, 0) is 22.7 Å². The van der Waals surface area contributed by atoms with Gasteiger partial charge >= 0.3 is 0 Å². The average Bonchev–Trinajstić information content (AvgIpc) is 3.05. The second-order valence-corrected chi connectivity index (χ2v) is 8.34. The van der Waals surface area contributed by atoms with Crippen LogP contribution in [0, 0.1) is 19.8 Å². The van der Waals surface area contributed by atoms with Crippen LogP contribution in [0.3, 0.4) is 0 Å². The van der Waals surface area contributed by atoms with Crippen LogP contribution in [0.25, 0.3) is 0 Å². The molecule has 1 heterocycles. The van der Waals surface area contributed by atoms with Gasteiger partial charge in [-0.25, -0.2) is 4.98 Å². The Hall–Kier alpha value is -2.32. The number of nitrogens with zero attached hydrogens (tertiary/aromatic N) is 2. The molecule has 0 aliphatic rings. The summed E-state index contributed by atoms with van der Waals surface area (Å²) >= 11 is 1.24. The maximum absolute atomic E-state index is 12.4. The lowest BCUT2D eigenvalue weighted by Gasteiger charge is -2.12. The van der Waals surface area contributed by atoms with Gasteiger partial charge in [0.1, 0.15) is 6.54 Å². The number of aryl methyl sites for hydroxylation is 1. The van der Waals surface area contributed by atoms with Crippen molar-refractivity contribution in [1.29, 1.82) is 0 Å². The third-order valence-electron chi connectivity index (χ3n) is 4.62. The molecule has 0 saturated heterocycles. The fraction of sp³-hybridized carbons (Fsp3) is 0.476. The van der Waals surface area contributed by atoms with Crippen LogP contribution >= 0.6 is 11.8 Å². The molecule has 0 saturated carbocycles. The highest BCUT2D eigenvalue weighted by Crippen LogP contribution is 2.21. The van der Waals surface area contributed by atoms with Crippen LogP contribution < -0.4 is 10.6 Å². The monoisotopic (exact) mass is 418 g/mol. The number of hydrogen-bond donors (Lipinski definition) is 3. The molecule has 0 aliphatic carbocycles. The molecule has 8 heteroatoms. The standard InChI is InChI=1S/C21H30N4O3S/c1-14(2)8-9-22-19(27)11-25-17(12-26)10-23-21(25)29-13-20(28)24-18-7-5-6-15(3)16(18)4/h5-7,10,14,26H,8-9,11-13H2,1-4H3,(H,22,27)(H,24,28). The topological polar surface area (TPSA) is 96.2 Å². The first kappa shape index (κ1) is 23.0. The van der Waals surface area contributed by atoms with E-state index in [4.69, 9.17) is 0 Å². The second kappa shape index (κ2) is 11.0. The summed E-state index contributed by atoms with van der Waals surface area (Å²) in [4.78, 5) is 28.9. The van der Waals surface area contributed by atoms with Crippen LogP contribution in [-0.4, -0.2) is 38.8 Å². The molecule has 1 aromatic carbocycles. The fourth-order valence-corrected chi connectivity index (χ4v) is 3.50. The van der Waals surface area contributed by atoms with E-state index in [1.54, 1.807) is 4.57 Å². The molecule has 0 radical (unpaired) electrons. The van der Waals surface area contributed by atoms with Gasteiger partial charge in [0.2, 0.25) is 11.8 Å². The predicted molar refractivity (Wildman–Crippen MR) is 116 cm³/mol. The van der Waals surface area contributed by atoms with Crippen molar-refractivity contribution >= 4 is 29.3 Å². The zero-order valence-electron chi connectivity index (χ0n) is 17.5. The first-order chi connectivity index (χ1) is 13.8. The Bertz CT molecular complexity index is 848. The average molecular weight is 419 g/mol. The smallest absolute Gasteiger partial charge is 0.240 e. The number of rotatable bonds is 10. The molecule has 0 atom stereocenters. The maximum atomic E-state index is 12.4. The van der Waals surface area contributed by atoms with Crippen molar-refractivity contribution in [2.24, 2.45) is 5.92 Å². The molecule has 0 bridgehead atoms. The summed E-state index contributed by atoms with van der Waals surface area (Å²) in [6, 6.07) is 5.78. The molecule has 2 rings (SSSR count). The number of anilines is 1. The molecule has 0 fully saturated rings. The van der Waals surface area contributed by atoms with Crippen molar-refractivity contribution < 1.29 is 14.7 Å². The van der Waals surface area contributed by atoms with Gasteiger partial charge in [0.15, 0.2) is 5.16 Å². The van der Waals surface area contributed by atoms with E-state index < -0.39 is 0 Å². The van der Waals surface area contributed by atoms with E-state index in [9.17, 15) is 14.7 Å². The van der Waals surface area contributed by atoms with Gasteiger partial charge in [-0.3, -0.25) is 9.59 Å². The van der Waals surface area contributed by atoms with Gasteiger partial charge in [-0.1, -0.05) is 37.7 Å². The van der Waals surface area contributed by atoms with Gasteiger partial charge in [-0.05, 0) is 43.4 Å². The number of aromatic nitrogens is 2. The number of aliphatic hydroxyl groups excluding tert-OH is 1. The van der Waals surface area contributed by atoms with E-state index in [-0.39, 0.29) is 30.7 Å². The zero-order valence-corrected chi connectivity index (χ0v) is 18.3. The normalized spacial score (nSPS) is 11.0. The number of benzene rings is 1. The molecule has 7 nitrogen and oxygen atoms in total. The van der Waals surface area contributed by atoms with E-state index in [2.05, 4.69) is 29.5 Å². The van der Waals surface area contributed by atoms with Crippen LogP contribution in [0.15, 0.2) is 29.6 Å². The largest absolute Gasteiger partial charge is 0.390 e. The van der Waals surface area contributed by atoms with Gasteiger partial charge in [0.25, 0.3) is 0 Å². The van der Waals surface area contributed by atoms with E-state index in [1.165, 1.54) is 18.0 Å². The van der Waals surface area contributed by atoms with Gasteiger partial charge in [0, 0.05) is 12.2 Å². The third kappa shape index (κ3) is 6.90. The lowest BCUT2D eigenvalue weighted by atomic mass is 10.1. The molecule has 0 spiro atoms. The van der Waals surface area contributed by atoms with Gasteiger partial charge in [-0.2, -0.15) is 0 Å². The van der Waals surface area contributed by atoms with Crippen molar-refractivity contribution in [3.05, 3.63) is 41.2 Å². The van der Waals surface area contributed by atoms with Crippen LogP contribution in [0.5, 0.6) is 0 Å². The molecule has 2 aromatic rings. The number of thioether (sulfide) groups is 1. The number of imidazole rings is 1. The maximum Gasteiger partial charge on any atom is 0.240 e. The van der Waals surface area contributed by atoms with Gasteiger partial charge in [0.05, 0.1) is 24.3 Å². The van der Waals surface area contributed by atoms with Crippen LogP contribution in [0.2, 0.25) is 0 Å². The first-order valence-corrected chi connectivity index (χ1v) is 10.7. The van der Waals surface area contributed by atoms with Crippen molar-refractivity contribution in [3.8, 4) is 0 Å². The number of amides is 2. The summed E-state index contributed by atoms with van der Waals surface area (Å²) in [6.45, 7) is 8.63. The van der Waals surface area contributed by atoms with Crippen molar-refractivity contribution in [3.63, 3.8) is 0 Å². The molecule has 1 aromatic heterocycles. The Labute approximate surface area is 176 Å². The Balaban J connectivity index is 1.96. The molecule has 0 unspecified atom stereocenters. The van der Waals surface area contributed by atoms with E-state index in [0.717, 1.165) is 23.2 Å². The third-order valence-corrected chi connectivity index (χ3v) is 5.61. The molecular formula is C21H30N4O3S. The highest BCUT2D eigenvalue weighted by Gasteiger charge is 2.15. The summed E-state index contributed by atoms with van der Waals surface area (Å²) in [5.41, 5.74) is 3.48. The summed E-state index contributed by atoms with van der Waals surface area (Å²) in [6.07, 6.45) is 2.44. The minimum Gasteiger partial charge on any atom is -0.390 e.